The predicted octanol–water partition coefficient (Wildman–Crippen LogP) is 0.258. The molecule has 0 aliphatic rings. The van der Waals surface area contributed by atoms with Crippen molar-refractivity contribution >= 4 is 32.1 Å². The number of carbonyl (C=O) groups is 2. The number of rotatable bonds is 10. The van der Waals surface area contributed by atoms with Crippen molar-refractivity contribution < 1.29 is 35.5 Å². The van der Waals surface area contributed by atoms with E-state index in [-0.39, 0.29) is 11.1 Å². The highest BCUT2D eigenvalue weighted by atomic mass is 32.2. The first-order chi connectivity index (χ1) is 11.9. The van der Waals surface area contributed by atoms with Crippen molar-refractivity contribution in [2.45, 2.75) is 45.0 Å². The quantitative estimate of drug-likeness (QED) is 0.285. The third-order valence-electron chi connectivity index (χ3n) is 3.43. The van der Waals surface area contributed by atoms with Crippen molar-refractivity contribution in [1.29, 1.82) is 0 Å². The summed E-state index contributed by atoms with van der Waals surface area (Å²) in [5.41, 5.74) is -1.82. The molecule has 27 heavy (non-hydrogen) atoms. The van der Waals surface area contributed by atoms with Gasteiger partial charge in [0.15, 0.2) is 5.37 Å². The van der Waals surface area contributed by atoms with E-state index < -0.39 is 61.1 Å². The van der Waals surface area contributed by atoms with Crippen molar-refractivity contribution in [2.24, 2.45) is 5.92 Å². The van der Waals surface area contributed by atoms with Gasteiger partial charge in [-0.2, -0.15) is 16.8 Å². The molecule has 0 rings (SSSR count). The van der Waals surface area contributed by atoms with Crippen LogP contribution in [0.15, 0.2) is 24.3 Å². The van der Waals surface area contributed by atoms with Gasteiger partial charge in [0.2, 0.25) is 11.8 Å². The molecule has 0 saturated carbocycles. The zero-order valence-corrected chi connectivity index (χ0v) is 17.3. The number of carbonyl (C=O) groups excluding carboxylic acids is 2. The first-order valence-electron chi connectivity index (χ1n) is 7.76. The number of hydrogen-bond acceptors (Lipinski definition) is 6. The van der Waals surface area contributed by atoms with E-state index in [1.807, 2.05) is 0 Å². The Bertz CT molecular complexity index is 830. The molecule has 0 radical (unpaired) electrons. The van der Waals surface area contributed by atoms with Crippen LogP contribution in [0.3, 0.4) is 0 Å². The van der Waals surface area contributed by atoms with Crippen LogP contribution in [-0.4, -0.2) is 54.4 Å². The Kier molecular flexibility index (Phi) is 8.37. The molecule has 0 fully saturated rings. The molecule has 0 aromatic carbocycles. The first kappa shape index (κ1) is 25.2. The molecule has 2 atom stereocenters. The Balaban J connectivity index is 5.53. The van der Waals surface area contributed by atoms with Crippen LogP contribution in [0.2, 0.25) is 0 Å². The van der Waals surface area contributed by atoms with E-state index >= 15 is 0 Å². The van der Waals surface area contributed by atoms with Crippen molar-refractivity contribution in [3.63, 3.8) is 0 Å². The van der Waals surface area contributed by atoms with Gasteiger partial charge in [0.05, 0.1) is 11.3 Å². The molecule has 0 aliphatic heterocycles. The molecule has 0 aromatic rings. The van der Waals surface area contributed by atoms with Crippen molar-refractivity contribution in [3.05, 3.63) is 24.3 Å². The average molecular weight is 427 g/mol. The Morgan fingerprint density at radius 2 is 1.56 bits per heavy atom. The van der Waals surface area contributed by atoms with Gasteiger partial charge in [-0.05, 0) is 19.8 Å². The van der Waals surface area contributed by atoms with Crippen LogP contribution in [0.25, 0.3) is 0 Å². The molecule has 156 valence electrons. The SMILES string of the molecule is C=C(C)C(=O)NC(C)(CC(=C)C(=O)NC(C(C)C)S(=O)(=O)O)CS(=O)(=O)O. The van der Waals surface area contributed by atoms with E-state index in [9.17, 15) is 31.0 Å². The van der Waals surface area contributed by atoms with Crippen LogP contribution in [0.4, 0.5) is 0 Å². The lowest BCUT2D eigenvalue weighted by Crippen LogP contribution is -2.52. The highest BCUT2D eigenvalue weighted by Gasteiger charge is 2.35. The molecule has 2 amide bonds. The van der Waals surface area contributed by atoms with E-state index in [0.717, 1.165) is 0 Å². The Morgan fingerprint density at radius 3 is 1.89 bits per heavy atom. The van der Waals surface area contributed by atoms with Crippen molar-refractivity contribution in [1.82, 2.24) is 10.6 Å². The second-order valence-electron chi connectivity index (χ2n) is 6.95. The minimum atomic E-state index is -4.59. The lowest BCUT2D eigenvalue weighted by molar-refractivity contribution is -0.120. The molecule has 0 bridgehead atoms. The lowest BCUT2D eigenvalue weighted by atomic mass is 9.94. The summed E-state index contributed by atoms with van der Waals surface area (Å²) in [7, 11) is -9.12. The normalized spacial score (nSPS) is 15.5. The van der Waals surface area contributed by atoms with Gasteiger partial charge >= 0.3 is 0 Å². The standard InChI is InChI=1S/C15H26N2O8S2/c1-9(2)12(18)17-15(6,8-26(20,21)22)7-11(5)13(19)16-14(10(3)4)27(23,24)25/h10,14H,1,5,7-8H2,2-4,6H3,(H,16,19)(H,17,18)(H,20,21,22)(H,23,24,25). The lowest BCUT2D eigenvalue weighted by Gasteiger charge is -2.30. The van der Waals surface area contributed by atoms with E-state index in [2.05, 4.69) is 23.8 Å². The highest BCUT2D eigenvalue weighted by molar-refractivity contribution is 7.86. The summed E-state index contributed by atoms with van der Waals surface area (Å²) in [6.45, 7) is 12.4. The van der Waals surface area contributed by atoms with E-state index in [1.54, 1.807) is 0 Å². The fourth-order valence-corrected chi connectivity index (χ4v) is 4.21. The third-order valence-corrected chi connectivity index (χ3v) is 5.73. The summed E-state index contributed by atoms with van der Waals surface area (Å²) in [5.74, 6) is -3.24. The number of nitrogens with one attached hydrogen (secondary N) is 2. The van der Waals surface area contributed by atoms with Gasteiger partial charge in [0.1, 0.15) is 0 Å². The van der Waals surface area contributed by atoms with Crippen molar-refractivity contribution in [2.75, 3.05) is 5.75 Å². The fourth-order valence-electron chi connectivity index (χ4n) is 2.28. The van der Waals surface area contributed by atoms with Gasteiger partial charge in [-0.25, -0.2) is 0 Å². The molecule has 0 aromatic heterocycles. The number of amides is 2. The summed E-state index contributed by atoms with van der Waals surface area (Å²) in [6, 6.07) is 0. The third kappa shape index (κ3) is 9.13. The molecular weight excluding hydrogens is 400 g/mol. The Labute approximate surface area is 159 Å². The molecule has 4 N–H and O–H groups in total. The monoisotopic (exact) mass is 426 g/mol. The molecule has 0 spiro atoms. The van der Waals surface area contributed by atoms with Crippen molar-refractivity contribution in [3.8, 4) is 0 Å². The second-order valence-corrected chi connectivity index (χ2v) is 9.95. The maximum Gasteiger partial charge on any atom is 0.286 e. The summed E-state index contributed by atoms with van der Waals surface area (Å²) in [5, 5.41) is 2.86. The molecular formula is C15H26N2O8S2. The molecule has 0 saturated heterocycles. The molecule has 2 unspecified atom stereocenters. The van der Waals surface area contributed by atoms with Crippen LogP contribution in [0.1, 0.15) is 34.1 Å². The van der Waals surface area contributed by atoms with Crippen LogP contribution in [0.5, 0.6) is 0 Å². The van der Waals surface area contributed by atoms with E-state index in [4.69, 9.17) is 4.55 Å². The average Bonchev–Trinajstić information content (AvgIpc) is 2.39. The van der Waals surface area contributed by atoms with E-state index in [0.29, 0.717) is 0 Å². The maximum atomic E-state index is 12.2. The minimum absolute atomic E-state index is 0.0675. The topological polar surface area (TPSA) is 167 Å². The van der Waals surface area contributed by atoms with E-state index in [1.165, 1.54) is 27.7 Å². The highest BCUT2D eigenvalue weighted by Crippen LogP contribution is 2.20. The zero-order valence-electron chi connectivity index (χ0n) is 15.6. The Morgan fingerprint density at radius 1 is 1.07 bits per heavy atom. The second kappa shape index (κ2) is 8.95. The first-order valence-corrected chi connectivity index (χ1v) is 10.9. The van der Waals surface area contributed by atoms with Gasteiger partial charge in [0.25, 0.3) is 20.2 Å². The number of hydrogen-bond donors (Lipinski definition) is 4. The predicted molar refractivity (Wildman–Crippen MR) is 99.9 cm³/mol. The summed E-state index contributed by atoms with van der Waals surface area (Å²) >= 11 is 0. The zero-order chi connectivity index (χ0) is 21.8. The molecule has 10 nitrogen and oxygen atoms in total. The van der Waals surface area contributed by atoms with Crippen LogP contribution in [-0.2, 0) is 29.8 Å². The molecule has 12 heteroatoms. The minimum Gasteiger partial charge on any atom is -0.346 e. The summed E-state index contributed by atoms with van der Waals surface area (Å²) in [4.78, 5) is 24.1. The van der Waals surface area contributed by atoms with Gasteiger partial charge in [-0.3, -0.25) is 18.7 Å². The van der Waals surface area contributed by atoms with Crippen LogP contribution in [0, 0.1) is 5.92 Å². The van der Waals surface area contributed by atoms with Gasteiger partial charge < -0.3 is 10.6 Å². The summed E-state index contributed by atoms with van der Waals surface area (Å²) in [6.07, 6.45) is -0.423. The smallest absolute Gasteiger partial charge is 0.286 e. The largest absolute Gasteiger partial charge is 0.346 e. The fraction of sp³-hybridized carbons (Fsp3) is 0.600. The maximum absolute atomic E-state index is 12.2. The van der Waals surface area contributed by atoms with Gasteiger partial charge in [0, 0.05) is 17.6 Å². The van der Waals surface area contributed by atoms with Gasteiger partial charge in [-0.1, -0.05) is 27.0 Å². The van der Waals surface area contributed by atoms with Crippen LogP contribution >= 0.6 is 0 Å². The molecule has 0 aliphatic carbocycles. The molecule has 0 heterocycles. The Hall–Kier alpha value is -1.76. The van der Waals surface area contributed by atoms with Gasteiger partial charge in [-0.15, -0.1) is 0 Å². The summed E-state index contributed by atoms with van der Waals surface area (Å²) < 4.78 is 63.6. The van der Waals surface area contributed by atoms with Crippen LogP contribution < -0.4 is 10.6 Å².